The second kappa shape index (κ2) is 7.52. The van der Waals surface area contributed by atoms with Gasteiger partial charge in [0.2, 0.25) is 5.91 Å². The quantitative estimate of drug-likeness (QED) is 0.517. The molecule has 1 atom stereocenters. The lowest BCUT2D eigenvalue weighted by Crippen LogP contribution is -2.45. The number of carbonyl (C=O) groups excluding carboxylic acids is 2. The Kier molecular flexibility index (Phi) is 4.76. The van der Waals surface area contributed by atoms with E-state index in [4.69, 9.17) is 0 Å². The van der Waals surface area contributed by atoms with Crippen molar-refractivity contribution in [1.82, 2.24) is 4.98 Å². The Labute approximate surface area is 161 Å². The predicted octanol–water partition coefficient (Wildman–Crippen LogP) is 3.76. The number of carbonyl (C=O) groups is 2. The molecule has 0 fully saturated rings. The molecule has 1 aliphatic rings. The summed E-state index contributed by atoms with van der Waals surface area (Å²) in [6.07, 6.45) is 3.01. The summed E-state index contributed by atoms with van der Waals surface area (Å²) >= 11 is 0. The van der Waals surface area contributed by atoms with E-state index in [1.807, 2.05) is 0 Å². The van der Waals surface area contributed by atoms with Crippen LogP contribution in [0.3, 0.4) is 0 Å². The maximum atomic E-state index is 13.8. The number of imide groups is 1. The van der Waals surface area contributed by atoms with Crippen molar-refractivity contribution in [2.24, 2.45) is 4.99 Å². The third-order valence-electron chi connectivity index (χ3n) is 4.57. The molecular formula is C22H16FN3O2. The van der Waals surface area contributed by atoms with Gasteiger partial charge in [0.15, 0.2) is 0 Å². The third-order valence-corrected chi connectivity index (χ3v) is 4.57. The Morgan fingerprint density at radius 3 is 2.54 bits per heavy atom. The second-order valence-electron chi connectivity index (χ2n) is 6.31. The molecule has 0 saturated carbocycles. The summed E-state index contributed by atoms with van der Waals surface area (Å²) in [6.45, 7) is 0.107. The number of nitrogens with zero attached hydrogens (tertiary/aromatic N) is 3. The number of rotatable bonds is 4. The minimum absolute atomic E-state index is 0.107. The topological polar surface area (TPSA) is 62.6 Å². The molecule has 28 heavy (non-hydrogen) atoms. The molecular weight excluding hydrogens is 357 g/mol. The average Bonchev–Trinajstić information content (AvgIpc) is 2.73. The highest BCUT2D eigenvalue weighted by Crippen LogP contribution is 2.31. The lowest BCUT2D eigenvalue weighted by molar-refractivity contribution is -0.118. The summed E-state index contributed by atoms with van der Waals surface area (Å²) in [4.78, 5) is 35.5. The number of aliphatic imine (C=N–C) groups is 1. The van der Waals surface area contributed by atoms with Gasteiger partial charge in [0.1, 0.15) is 11.6 Å². The van der Waals surface area contributed by atoms with Crippen molar-refractivity contribution in [3.05, 3.63) is 95.4 Å². The monoisotopic (exact) mass is 373 g/mol. The molecule has 0 aliphatic carbocycles. The number of benzene rings is 2. The molecule has 2 aromatic carbocycles. The van der Waals surface area contributed by atoms with Crippen molar-refractivity contribution in [1.29, 1.82) is 0 Å². The van der Waals surface area contributed by atoms with Crippen LogP contribution in [0.25, 0.3) is 0 Å². The first-order valence-corrected chi connectivity index (χ1v) is 8.78. The first kappa shape index (κ1) is 17.7. The molecule has 0 radical (unpaired) electrons. The van der Waals surface area contributed by atoms with Crippen LogP contribution in [0.1, 0.15) is 27.4 Å². The number of pyridine rings is 1. The molecule has 6 heteroatoms. The first-order chi connectivity index (χ1) is 13.7. The molecule has 2 amide bonds. The van der Waals surface area contributed by atoms with Gasteiger partial charge in [-0.25, -0.2) is 14.3 Å². The third kappa shape index (κ3) is 3.20. The lowest BCUT2D eigenvalue weighted by Gasteiger charge is -2.30. The van der Waals surface area contributed by atoms with Gasteiger partial charge in [-0.15, -0.1) is 0 Å². The smallest absolute Gasteiger partial charge is 0.266 e. The van der Waals surface area contributed by atoms with E-state index >= 15 is 0 Å². The van der Waals surface area contributed by atoms with E-state index in [1.54, 1.807) is 60.7 Å². The molecule has 0 N–H and O–H groups in total. The first-order valence-electron chi connectivity index (χ1n) is 8.78. The van der Waals surface area contributed by atoms with Crippen LogP contribution in [-0.2, 0) is 11.3 Å². The highest BCUT2D eigenvalue weighted by atomic mass is 19.1. The molecule has 0 saturated heterocycles. The van der Waals surface area contributed by atoms with Crippen molar-refractivity contribution < 1.29 is 14.0 Å². The summed E-state index contributed by atoms with van der Waals surface area (Å²) in [5.74, 6) is -1.68. The second-order valence-corrected chi connectivity index (χ2v) is 6.31. The minimum atomic E-state index is -0.748. The van der Waals surface area contributed by atoms with E-state index in [2.05, 4.69) is 9.98 Å². The fourth-order valence-electron chi connectivity index (χ4n) is 3.19. The number of hydrogen-bond donors (Lipinski definition) is 0. The van der Waals surface area contributed by atoms with E-state index in [0.717, 1.165) is 4.90 Å². The maximum Gasteiger partial charge on any atom is 0.266 e. The molecule has 1 aromatic heterocycles. The average molecular weight is 373 g/mol. The van der Waals surface area contributed by atoms with Gasteiger partial charge in [-0.05, 0) is 29.8 Å². The largest absolute Gasteiger partial charge is 0.291 e. The van der Waals surface area contributed by atoms with Crippen LogP contribution in [0.2, 0.25) is 0 Å². The Morgan fingerprint density at radius 2 is 1.75 bits per heavy atom. The zero-order chi connectivity index (χ0) is 19.5. The van der Waals surface area contributed by atoms with Crippen molar-refractivity contribution in [3.63, 3.8) is 0 Å². The Morgan fingerprint density at radius 1 is 1.00 bits per heavy atom. The molecule has 138 valence electrons. The molecule has 2 heterocycles. The summed E-state index contributed by atoms with van der Waals surface area (Å²) in [6, 6.07) is 18.3. The maximum absolute atomic E-state index is 13.8. The van der Waals surface area contributed by atoms with E-state index in [9.17, 15) is 14.0 Å². The molecule has 3 aromatic rings. The molecule has 1 aliphatic heterocycles. The fraction of sp³-hybridized carbons (Fsp3) is 0.0909. The van der Waals surface area contributed by atoms with Gasteiger partial charge < -0.3 is 0 Å². The van der Waals surface area contributed by atoms with Crippen LogP contribution >= 0.6 is 0 Å². The summed E-state index contributed by atoms with van der Waals surface area (Å²) in [5, 5.41) is 0. The highest BCUT2D eigenvalue weighted by molar-refractivity contribution is 6.28. The molecule has 1 unspecified atom stereocenters. The molecule has 0 bridgehead atoms. The Balaban J connectivity index is 1.70. The number of hydrogen-bond acceptors (Lipinski definition) is 4. The van der Waals surface area contributed by atoms with Crippen molar-refractivity contribution >= 4 is 23.8 Å². The van der Waals surface area contributed by atoms with Gasteiger partial charge >= 0.3 is 0 Å². The van der Waals surface area contributed by atoms with Crippen LogP contribution in [0.15, 0.2) is 77.9 Å². The molecule has 5 nitrogen and oxygen atoms in total. The minimum Gasteiger partial charge on any atom is -0.291 e. The fourth-order valence-corrected chi connectivity index (χ4v) is 3.19. The predicted molar refractivity (Wildman–Crippen MR) is 104 cm³/mol. The van der Waals surface area contributed by atoms with Crippen LogP contribution in [0, 0.1) is 5.82 Å². The van der Waals surface area contributed by atoms with Crippen LogP contribution in [0.4, 0.5) is 10.2 Å². The normalized spacial score (nSPS) is 16.5. The van der Waals surface area contributed by atoms with E-state index in [1.165, 1.54) is 18.5 Å². The van der Waals surface area contributed by atoms with E-state index in [0.29, 0.717) is 16.7 Å². The van der Waals surface area contributed by atoms with Crippen molar-refractivity contribution in [2.75, 3.05) is 4.90 Å². The number of fused-ring (bicyclic) bond motifs is 1. The number of amides is 2. The van der Waals surface area contributed by atoms with Crippen molar-refractivity contribution in [3.8, 4) is 0 Å². The van der Waals surface area contributed by atoms with Gasteiger partial charge in [0, 0.05) is 23.5 Å². The Hall–Kier alpha value is -3.67. The highest BCUT2D eigenvalue weighted by Gasteiger charge is 2.39. The van der Waals surface area contributed by atoms with Gasteiger partial charge in [-0.3, -0.25) is 14.6 Å². The van der Waals surface area contributed by atoms with E-state index < -0.39 is 17.7 Å². The summed E-state index contributed by atoms with van der Waals surface area (Å²) in [5.41, 5.74) is 1.45. The molecule has 4 rings (SSSR count). The number of anilines is 1. The van der Waals surface area contributed by atoms with Crippen molar-refractivity contribution in [2.45, 2.75) is 12.5 Å². The number of aromatic nitrogens is 1. The summed E-state index contributed by atoms with van der Waals surface area (Å²) in [7, 11) is 0. The standard InChI is InChI=1S/C22H16FN3O2/c23-19-10-4-1-7-15(19)13-24-14-18-16-8-2-3-9-17(16)21(27)26(22(18)28)20-11-5-6-12-25-20/h1-12,14,18H,13H2. The number of halogens is 1. The van der Waals surface area contributed by atoms with Crippen LogP contribution in [-0.4, -0.2) is 23.0 Å². The Bertz CT molecular complexity index is 1070. The zero-order valence-electron chi connectivity index (χ0n) is 14.8. The van der Waals surface area contributed by atoms with E-state index in [-0.39, 0.29) is 18.2 Å². The van der Waals surface area contributed by atoms with Crippen LogP contribution in [0.5, 0.6) is 0 Å². The summed E-state index contributed by atoms with van der Waals surface area (Å²) < 4.78 is 13.8. The lowest BCUT2D eigenvalue weighted by atomic mass is 9.89. The van der Waals surface area contributed by atoms with Gasteiger partial charge in [0.05, 0.1) is 12.5 Å². The van der Waals surface area contributed by atoms with Crippen LogP contribution < -0.4 is 4.90 Å². The van der Waals surface area contributed by atoms with Gasteiger partial charge in [0.25, 0.3) is 5.91 Å². The molecule has 0 spiro atoms. The SMILES string of the molecule is O=C1c2ccccc2C(C=NCc2ccccc2F)C(=O)N1c1ccccn1. The van der Waals surface area contributed by atoms with Gasteiger partial charge in [-0.2, -0.15) is 0 Å². The zero-order valence-corrected chi connectivity index (χ0v) is 14.8. The van der Waals surface area contributed by atoms with Gasteiger partial charge in [-0.1, -0.05) is 42.5 Å².